The lowest BCUT2D eigenvalue weighted by atomic mass is 9.80. The summed E-state index contributed by atoms with van der Waals surface area (Å²) in [5.74, 6) is -0.920. The third kappa shape index (κ3) is 6.61. The number of nitrogens with one attached hydrogen (secondary N) is 3. The van der Waals surface area contributed by atoms with Crippen LogP contribution in [0, 0.1) is 11.3 Å². The van der Waals surface area contributed by atoms with Crippen LogP contribution in [0.3, 0.4) is 0 Å². The largest absolute Gasteiger partial charge is 0.462 e. The molecule has 0 spiro atoms. The van der Waals surface area contributed by atoms with Gasteiger partial charge in [-0.15, -0.1) is 0 Å². The minimum absolute atomic E-state index is 0.00591. The predicted octanol–water partition coefficient (Wildman–Crippen LogP) is 3.11. The van der Waals surface area contributed by atoms with Crippen LogP contribution in [0.1, 0.15) is 57.8 Å². The van der Waals surface area contributed by atoms with E-state index in [-0.39, 0.29) is 22.7 Å². The van der Waals surface area contributed by atoms with Gasteiger partial charge in [0.15, 0.2) is 0 Å². The number of hydrogen-bond donors (Lipinski definition) is 3. The maximum atomic E-state index is 12.4. The Kier molecular flexibility index (Phi) is 7.04. The van der Waals surface area contributed by atoms with E-state index in [1.807, 2.05) is 6.07 Å². The molecule has 1 amide bonds. The molecule has 0 aliphatic carbocycles. The molecule has 1 aliphatic rings. The highest BCUT2D eigenvalue weighted by atomic mass is 16.5. The SMILES string of the molecule is CCOC(=O)c1ccc(NC(=O)/C(C#N)=C\NC2CC(C)(C)NC(C)(C)C2)cc1. The van der Waals surface area contributed by atoms with Crippen molar-refractivity contribution < 1.29 is 14.3 Å². The number of nitrogens with zero attached hydrogens (tertiary/aromatic N) is 1. The van der Waals surface area contributed by atoms with Gasteiger partial charge in [0.25, 0.3) is 5.91 Å². The summed E-state index contributed by atoms with van der Waals surface area (Å²) >= 11 is 0. The molecule has 3 N–H and O–H groups in total. The molecule has 0 atom stereocenters. The average Bonchev–Trinajstić information content (AvgIpc) is 2.60. The summed E-state index contributed by atoms with van der Waals surface area (Å²) in [7, 11) is 0. The van der Waals surface area contributed by atoms with Gasteiger partial charge >= 0.3 is 5.97 Å². The Hall–Kier alpha value is -2.85. The number of benzene rings is 1. The van der Waals surface area contributed by atoms with E-state index in [0.29, 0.717) is 17.9 Å². The van der Waals surface area contributed by atoms with Crippen LogP contribution < -0.4 is 16.0 Å². The Morgan fingerprint density at radius 1 is 1.21 bits per heavy atom. The Morgan fingerprint density at radius 2 is 1.79 bits per heavy atom. The maximum absolute atomic E-state index is 12.4. The van der Waals surface area contributed by atoms with Crippen LogP contribution in [-0.2, 0) is 9.53 Å². The number of anilines is 1. The Morgan fingerprint density at radius 3 is 2.31 bits per heavy atom. The van der Waals surface area contributed by atoms with Crippen LogP contribution in [0.5, 0.6) is 0 Å². The van der Waals surface area contributed by atoms with E-state index in [1.54, 1.807) is 31.2 Å². The van der Waals surface area contributed by atoms with E-state index in [9.17, 15) is 14.9 Å². The zero-order valence-electron chi connectivity index (χ0n) is 17.8. The van der Waals surface area contributed by atoms with Crippen molar-refractivity contribution in [1.29, 1.82) is 5.26 Å². The van der Waals surface area contributed by atoms with Crippen LogP contribution in [-0.4, -0.2) is 35.6 Å². The summed E-state index contributed by atoms with van der Waals surface area (Å²) < 4.78 is 4.93. The number of carbonyl (C=O) groups excluding carboxylic acids is 2. The molecule has 1 heterocycles. The van der Waals surface area contributed by atoms with Gasteiger partial charge in [-0.05, 0) is 71.7 Å². The molecule has 1 fully saturated rings. The van der Waals surface area contributed by atoms with Crippen molar-refractivity contribution in [2.45, 2.75) is 64.6 Å². The van der Waals surface area contributed by atoms with Gasteiger partial charge in [-0.3, -0.25) is 4.79 Å². The lowest BCUT2D eigenvalue weighted by molar-refractivity contribution is -0.112. The zero-order valence-corrected chi connectivity index (χ0v) is 17.8. The fraction of sp³-hybridized carbons (Fsp3) is 0.500. The summed E-state index contributed by atoms with van der Waals surface area (Å²) in [6, 6.07) is 8.44. The molecule has 0 aromatic heterocycles. The van der Waals surface area contributed by atoms with E-state index in [0.717, 1.165) is 12.8 Å². The third-order valence-electron chi connectivity index (χ3n) is 4.67. The van der Waals surface area contributed by atoms with Gasteiger partial charge in [-0.25, -0.2) is 4.79 Å². The molecule has 1 aromatic rings. The van der Waals surface area contributed by atoms with Gasteiger partial charge in [-0.2, -0.15) is 5.26 Å². The minimum Gasteiger partial charge on any atom is -0.462 e. The van der Waals surface area contributed by atoms with E-state index in [2.05, 4.69) is 43.6 Å². The van der Waals surface area contributed by atoms with Crippen molar-refractivity contribution in [1.82, 2.24) is 10.6 Å². The van der Waals surface area contributed by atoms with Gasteiger partial charge in [-0.1, -0.05) is 0 Å². The van der Waals surface area contributed by atoms with Crippen LogP contribution in [0.4, 0.5) is 5.69 Å². The number of hydrogen-bond acceptors (Lipinski definition) is 6. The van der Waals surface area contributed by atoms with Crippen molar-refractivity contribution in [2.75, 3.05) is 11.9 Å². The van der Waals surface area contributed by atoms with Crippen molar-refractivity contribution in [3.63, 3.8) is 0 Å². The average molecular weight is 399 g/mol. The van der Waals surface area contributed by atoms with Gasteiger partial charge in [0.2, 0.25) is 0 Å². The van der Waals surface area contributed by atoms with Gasteiger partial charge < -0.3 is 20.7 Å². The lowest BCUT2D eigenvalue weighted by Crippen LogP contribution is -2.61. The Bertz CT molecular complexity index is 803. The standard InChI is InChI=1S/C22H30N4O3/c1-6-29-20(28)15-7-9-17(10-8-15)25-19(27)16(13-23)14-24-18-11-21(2,3)26-22(4,5)12-18/h7-10,14,18,24,26H,6,11-12H2,1-5H3,(H,25,27)/b16-14-. The molecule has 1 aliphatic heterocycles. The number of esters is 1. The van der Waals surface area contributed by atoms with Gasteiger partial charge in [0, 0.05) is 29.0 Å². The molecular formula is C22H30N4O3. The second-order valence-electron chi connectivity index (χ2n) is 8.59. The highest BCUT2D eigenvalue weighted by Crippen LogP contribution is 2.28. The minimum atomic E-state index is -0.503. The monoisotopic (exact) mass is 398 g/mol. The summed E-state index contributed by atoms with van der Waals surface area (Å²) in [6.07, 6.45) is 3.25. The normalized spacial score (nSPS) is 18.4. The molecule has 0 bridgehead atoms. The number of piperidine rings is 1. The molecule has 156 valence electrons. The number of nitriles is 1. The summed E-state index contributed by atoms with van der Waals surface area (Å²) in [5.41, 5.74) is 0.812. The molecular weight excluding hydrogens is 368 g/mol. The first kappa shape index (κ1) is 22.4. The zero-order chi connectivity index (χ0) is 21.7. The van der Waals surface area contributed by atoms with Crippen LogP contribution >= 0.6 is 0 Å². The van der Waals surface area contributed by atoms with Crippen molar-refractivity contribution >= 4 is 17.6 Å². The van der Waals surface area contributed by atoms with E-state index >= 15 is 0 Å². The number of carbonyl (C=O) groups is 2. The number of ether oxygens (including phenoxy) is 1. The first-order valence-corrected chi connectivity index (χ1v) is 9.79. The van der Waals surface area contributed by atoms with Gasteiger partial charge in [0.1, 0.15) is 11.6 Å². The smallest absolute Gasteiger partial charge is 0.338 e. The molecule has 2 rings (SSSR count). The molecule has 1 saturated heterocycles. The fourth-order valence-electron chi connectivity index (χ4n) is 3.89. The van der Waals surface area contributed by atoms with Gasteiger partial charge in [0.05, 0.1) is 12.2 Å². The third-order valence-corrected chi connectivity index (χ3v) is 4.67. The molecule has 29 heavy (non-hydrogen) atoms. The van der Waals surface area contributed by atoms with E-state index in [4.69, 9.17) is 4.74 Å². The molecule has 7 nitrogen and oxygen atoms in total. The quantitative estimate of drug-likeness (QED) is 0.386. The highest BCUT2D eigenvalue weighted by molar-refractivity contribution is 6.06. The summed E-state index contributed by atoms with van der Waals surface area (Å²) in [5, 5.41) is 18.9. The molecule has 1 aromatic carbocycles. The lowest BCUT2D eigenvalue weighted by Gasteiger charge is -2.46. The maximum Gasteiger partial charge on any atom is 0.338 e. The summed E-state index contributed by atoms with van der Waals surface area (Å²) in [6.45, 7) is 10.6. The first-order valence-electron chi connectivity index (χ1n) is 9.79. The van der Waals surface area contributed by atoms with E-state index in [1.165, 1.54) is 6.20 Å². The van der Waals surface area contributed by atoms with Crippen LogP contribution in [0.2, 0.25) is 0 Å². The number of rotatable bonds is 6. The molecule has 7 heteroatoms. The molecule has 0 unspecified atom stereocenters. The Balaban J connectivity index is 2.01. The Labute approximate surface area is 172 Å². The molecule has 0 radical (unpaired) electrons. The highest BCUT2D eigenvalue weighted by Gasteiger charge is 2.37. The fourth-order valence-corrected chi connectivity index (χ4v) is 3.89. The van der Waals surface area contributed by atoms with Crippen molar-refractivity contribution in [3.05, 3.63) is 41.6 Å². The second-order valence-corrected chi connectivity index (χ2v) is 8.59. The van der Waals surface area contributed by atoms with Crippen molar-refractivity contribution in [3.8, 4) is 6.07 Å². The van der Waals surface area contributed by atoms with E-state index < -0.39 is 11.9 Å². The first-order chi connectivity index (χ1) is 13.5. The topological polar surface area (TPSA) is 103 Å². The van der Waals surface area contributed by atoms with Crippen molar-refractivity contribution in [2.24, 2.45) is 0 Å². The second kappa shape index (κ2) is 9.10. The van der Waals surface area contributed by atoms with Crippen LogP contribution in [0.25, 0.3) is 0 Å². The molecule has 0 saturated carbocycles. The number of amides is 1. The summed E-state index contributed by atoms with van der Waals surface area (Å²) in [4.78, 5) is 24.1. The predicted molar refractivity (Wildman–Crippen MR) is 112 cm³/mol. The van der Waals surface area contributed by atoms with Crippen LogP contribution in [0.15, 0.2) is 36.0 Å².